The van der Waals surface area contributed by atoms with Crippen LogP contribution >= 0.6 is 0 Å². The average molecular weight is 343 g/mol. The van der Waals surface area contributed by atoms with Crippen molar-refractivity contribution in [3.63, 3.8) is 0 Å². The molecule has 25 heavy (non-hydrogen) atoms. The lowest BCUT2D eigenvalue weighted by atomic mass is 10.1. The van der Waals surface area contributed by atoms with Gasteiger partial charge in [-0.05, 0) is 63.3 Å². The van der Waals surface area contributed by atoms with Crippen LogP contribution in [0.5, 0.6) is 5.75 Å². The van der Waals surface area contributed by atoms with Crippen molar-refractivity contribution in [3.05, 3.63) is 46.8 Å². The molecule has 138 valence electrons. The predicted molar refractivity (Wildman–Crippen MR) is 111 cm³/mol. The van der Waals surface area contributed by atoms with Crippen LogP contribution in [0.25, 0.3) is 0 Å². The maximum atomic E-state index is 6.08. The smallest absolute Gasteiger partial charge is 0.128 e. The minimum absolute atomic E-state index is 0.609. The molecular weight excluding hydrogens is 308 g/mol. The summed E-state index contributed by atoms with van der Waals surface area (Å²) >= 11 is 0. The van der Waals surface area contributed by atoms with Gasteiger partial charge in [-0.25, -0.2) is 4.99 Å². The minimum atomic E-state index is 0.609. The average Bonchev–Trinajstić information content (AvgIpc) is 2.60. The van der Waals surface area contributed by atoms with Crippen molar-refractivity contribution in [1.29, 1.82) is 0 Å². The molecule has 1 N–H and O–H groups in total. The summed E-state index contributed by atoms with van der Waals surface area (Å²) in [5, 5.41) is 3.42. The van der Waals surface area contributed by atoms with Gasteiger partial charge in [-0.3, -0.25) is 0 Å². The normalized spacial score (nSPS) is 11.9. The summed E-state index contributed by atoms with van der Waals surface area (Å²) in [5.41, 5.74) is 4.43. The molecule has 0 atom stereocenters. The second-order valence-electron chi connectivity index (χ2n) is 6.74. The number of benzene rings is 1. The molecule has 3 heteroatoms. The van der Waals surface area contributed by atoms with E-state index in [9.17, 15) is 0 Å². The zero-order chi connectivity index (χ0) is 18.8. The second kappa shape index (κ2) is 10.8. The number of aliphatic imine (C=N–C) groups is 1. The van der Waals surface area contributed by atoms with Crippen LogP contribution in [0, 0.1) is 12.8 Å². The van der Waals surface area contributed by atoms with E-state index in [2.05, 4.69) is 63.1 Å². The maximum Gasteiger partial charge on any atom is 0.128 e. The molecule has 0 saturated carbocycles. The molecule has 3 nitrogen and oxygen atoms in total. The summed E-state index contributed by atoms with van der Waals surface area (Å²) in [6, 6.07) is 6.23. The van der Waals surface area contributed by atoms with Crippen LogP contribution in [-0.4, -0.2) is 12.8 Å². The number of aryl methyl sites for hydroxylation is 1. The summed E-state index contributed by atoms with van der Waals surface area (Å²) in [5.74, 6) is 2.42. The number of nitrogens with one attached hydrogen (secondary N) is 1. The Bertz CT molecular complexity index is 633. The lowest BCUT2D eigenvalue weighted by Gasteiger charge is -2.17. The van der Waals surface area contributed by atoms with Crippen molar-refractivity contribution in [2.75, 3.05) is 11.9 Å². The van der Waals surface area contributed by atoms with E-state index in [-0.39, 0.29) is 0 Å². The van der Waals surface area contributed by atoms with Gasteiger partial charge in [0.1, 0.15) is 11.6 Å². The largest absolute Gasteiger partial charge is 0.493 e. The van der Waals surface area contributed by atoms with Crippen molar-refractivity contribution >= 4 is 11.9 Å². The summed E-state index contributed by atoms with van der Waals surface area (Å²) in [6.07, 6.45) is 6.22. The third kappa shape index (κ3) is 7.16. The molecule has 0 bridgehead atoms. The molecule has 0 amide bonds. The quantitative estimate of drug-likeness (QED) is 0.519. The van der Waals surface area contributed by atoms with Gasteiger partial charge in [-0.15, -0.1) is 0 Å². The zero-order valence-corrected chi connectivity index (χ0v) is 16.9. The fourth-order valence-corrected chi connectivity index (χ4v) is 2.23. The van der Waals surface area contributed by atoms with Crippen molar-refractivity contribution in [2.45, 2.75) is 61.3 Å². The van der Waals surface area contributed by atoms with Gasteiger partial charge in [0, 0.05) is 18.0 Å². The van der Waals surface area contributed by atoms with Gasteiger partial charge in [0.25, 0.3) is 0 Å². The first-order valence-corrected chi connectivity index (χ1v) is 9.26. The maximum absolute atomic E-state index is 6.08. The fraction of sp³-hybridized carbons (Fsp3) is 0.500. The minimum Gasteiger partial charge on any atom is -0.493 e. The summed E-state index contributed by atoms with van der Waals surface area (Å²) in [6.45, 7) is 15.5. The van der Waals surface area contributed by atoms with Crippen LogP contribution in [0.2, 0.25) is 0 Å². The van der Waals surface area contributed by atoms with Crippen molar-refractivity contribution in [1.82, 2.24) is 0 Å². The van der Waals surface area contributed by atoms with Gasteiger partial charge < -0.3 is 10.1 Å². The first-order valence-electron chi connectivity index (χ1n) is 9.26. The highest BCUT2D eigenvalue weighted by Crippen LogP contribution is 2.25. The number of nitrogens with zero attached hydrogens (tertiary/aromatic N) is 1. The highest BCUT2D eigenvalue weighted by atomic mass is 16.5. The van der Waals surface area contributed by atoms with Gasteiger partial charge >= 0.3 is 0 Å². The summed E-state index contributed by atoms with van der Waals surface area (Å²) in [7, 11) is 0. The van der Waals surface area contributed by atoms with E-state index < -0.39 is 0 Å². The molecule has 1 aromatic carbocycles. The Morgan fingerprint density at radius 2 is 1.88 bits per heavy atom. The third-order valence-electron chi connectivity index (χ3n) is 4.41. The third-order valence-corrected chi connectivity index (χ3v) is 4.41. The van der Waals surface area contributed by atoms with Crippen molar-refractivity contribution in [3.8, 4) is 5.75 Å². The highest BCUT2D eigenvalue weighted by Gasteiger charge is 2.08. The van der Waals surface area contributed by atoms with E-state index in [1.54, 1.807) is 0 Å². The molecule has 1 aromatic rings. The molecule has 0 radical (unpaired) electrons. The molecule has 0 unspecified atom stereocenters. The van der Waals surface area contributed by atoms with E-state index in [4.69, 9.17) is 4.74 Å². The zero-order valence-electron chi connectivity index (χ0n) is 16.9. The highest BCUT2D eigenvalue weighted by molar-refractivity contribution is 5.78. The first kappa shape index (κ1) is 21.0. The fourth-order valence-electron chi connectivity index (χ4n) is 2.23. The van der Waals surface area contributed by atoms with Crippen molar-refractivity contribution < 1.29 is 4.74 Å². The number of rotatable bonds is 9. The standard InChI is InChI=1S/C22H34N2O/c1-8-17(6)14-23-22(16(4)5)24-20-12-11-18(7)21(13-20)25-15-19(9-2)10-3/h8,11-14,19,24H,9-10,15H2,1-7H3/b17-8-,23-14-. The molecular formula is C22H34N2O. The van der Waals surface area contributed by atoms with Crippen LogP contribution < -0.4 is 10.1 Å². The molecule has 0 aliphatic heterocycles. The number of hydrogen-bond acceptors (Lipinski definition) is 3. The van der Waals surface area contributed by atoms with Gasteiger partial charge in [0.2, 0.25) is 0 Å². The van der Waals surface area contributed by atoms with E-state index in [1.807, 2.05) is 26.1 Å². The molecule has 0 aromatic heterocycles. The number of ether oxygens (including phenoxy) is 1. The first-order chi connectivity index (χ1) is 11.9. The van der Waals surface area contributed by atoms with Gasteiger partial charge in [-0.2, -0.15) is 0 Å². The van der Waals surface area contributed by atoms with Crippen LogP contribution in [0.3, 0.4) is 0 Å². The molecule has 0 saturated heterocycles. The van der Waals surface area contributed by atoms with Crippen LogP contribution in [-0.2, 0) is 0 Å². The summed E-state index contributed by atoms with van der Waals surface area (Å²) in [4.78, 5) is 4.58. The van der Waals surface area contributed by atoms with Crippen molar-refractivity contribution in [2.24, 2.45) is 10.9 Å². The molecule has 0 fully saturated rings. The van der Waals surface area contributed by atoms with Crippen LogP contribution in [0.1, 0.15) is 59.9 Å². The van der Waals surface area contributed by atoms with E-state index in [0.717, 1.165) is 53.4 Å². The molecule has 0 spiro atoms. The number of anilines is 1. The van der Waals surface area contributed by atoms with Gasteiger partial charge in [0.05, 0.1) is 6.61 Å². The Morgan fingerprint density at radius 1 is 1.20 bits per heavy atom. The number of hydrogen-bond donors (Lipinski definition) is 1. The Labute approximate surface area is 153 Å². The molecule has 0 aliphatic rings. The monoisotopic (exact) mass is 342 g/mol. The van der Waals surface area contributed by atoms with Gasteiger partial charge in [-0.1, -0.05) is 38.8 Å². The Morgan fingerprint density at radius 3 is 2.44 bits per heavy atom. The second-order valence-corrected chi connectivity index (χ2v) is 6.74. The Hall–Kier alpha value is -2.03. The molecule has 0 heterocycles. The molecule has 0 aliphatic carbocycles. The molecule has 1 rings (SSSR count). The SMILES string of the molecule is C/C=C(C)\C=N/C(Nc1ccc(C)c(OCC(CC)CC)c1)=C(C)C. The Kier molecular flexibility index (Phi) is 9.04. The summed E-state index contributed by atoms with van der Waals surface area (Å²) < 4.78 is 6.08. The van der Waals surface area contributed by atoms with E-state index in [1.165, 1.54) is 0 Å². The lowest BCUT2D eigenvalue weighted by molar-refractivity contribution is 0.239. The predicted octanol–water partition coefficient (Wildman–Crippen LogP) is 6.51. The van der Waals surface area contributed by atoms with Crippen LogP contribution in [0.4, 0.5) is 5.69 Å². The van der Waals surface area contributed by atoms with E-state index in [0.29, 0.717) is 5.92 Å². The lowest BCUT2D eigenvalue weighted by Crippen LogP contribution is -2.11. The number of allylic oxidation sites excluding steroid dienone is 3. The van der Waals surface area contributed by atoms with Crippen LogP contribution in [0.15, 0.2) is 46.2 Å². The topological polar surface area (TPSA) is 33.6 Å². The van der Waals surface area contributed by atoms with E-state index >= 15 is 0 Å². The van der Waals surface area contributed by atoms with Gasteiger partial charge in [0.15, 0.2) is 0 Å². The Balaban J connectivity index is 2.93.